The molecule has 0 saturated carbocycles. The first-order chi connectivity index (χ1) is 11.6. The molecular weight excluding hydrogens is 310 g/mol. The third-order valence-electron chi connectivity index (χ3n) is 5.02. The molecule has 1 aromatic rings. The van der Waals surface area contributed by atoms with E-state index in [1.54, 1.807) is 4.90 Å². The van der Waals surface area contributed by atoms with E-state index in [1.807, 2.05) is 30.3 Å². The number of carbonyl (C=O) groups is 2. The molecule has 1 spiro atoms. The van der Waals surface area contributed by atoms with Gasteiger partial charge in [0.1, 0.15) is 6.61 Å². The Bertz CT molecular complexity index is 582. The first-order valence-corrected chi connectivity index (χ1v) is 8.35. The Hall–Kier alpha value is -2.08. The highest BCUT2D eigenvalue weighted by molar-refractivity contribution is 5.72. The van der Waals surface area contributed by atoms with Crippen LogP contribution in [0.4, 0.5) is 4.79 Å². The van der Waals surface area contributed by atoms with Crippen molar-refractivity contribution < 1.29 is 24.2 Å². The van der Waals surface area contributed by atoms with Gasteiger partial charge in [0.05, 0.1) is 6.42 Å². The maximum atomic E-state index is 12.5. The van der Waals surface area contributed by atoms with Crippen LogP contribution in [0.1, 0.15) is 31.2 Å². The summed E-state index contributed by atoms with van der Waals surface area (Å²) in [5.74, 6) is -0.884. The number of amides is 1. The molecule has 0 bridgehead atoms. The standard InChI is InChI=1S/C18H23NO5/c20-16(21)10-15-11-18(6-8-23-9-7-18)13-19(15)17(22)24-12-14-4-2-1-3-5-14/h1-5,15H,6-13H2,(H,20,21). The first kappa shape index (κ1) is 16.8. The van der Waals surface area contributed by atoms with Crippen molar-refractivity contribution in [3.8, 4) is 0 Å². The second-order valence-corrected chi connectivity index (χ2v) is 6.74. The lowest BCUT2D eigenvalue weighted by Crippen LogP contribution is -2.38. The third-order valence-corrected chi connectivity index (χ3v) is 5.02. The molecule has 2 saturated heterocycles. The number of carboxylic acid groups (broad SMARTS) is 1. The maximum Gasteiger partial charge on any atom is 0.410 e. The van der Waals surface area contributed by atoms with Gasteiger partial charge in [-0.25, -0.2) is 4.79 Å². The maximum absolute atomic E-state index is 12.5. The van der Waals surface area contributed by atoms with Crippen LogP contribution in [-0.4, -0.2) is 47.9 Å². The predicted octanol–water partition coefficient (Wildman–Crippen LogP) is 2.67. The van der Waals surface area contributed by atoms with E-state index in [0.717, 1.165) is 18.4 Å². The molecule has 0 aromatic heterocycles. The molecule has 24 heavy (non-hydrogen) atoms. The van der Waals surface area contributed by atoms with E-state index in [-0.39, 0.29) is 24.5 Å². The zero-order valence-corrected chi connectivity index (χ0v) is 13.6. The average Bonchev–Trinajstić information content (AvgIpc) is 2.91. The number of hydrogen-bond donors (Lipinski definition) is 1. The lowest BCUT2D eigenvalue weighted by atomic mass is 9.78. The summed E-state index contributed by atoms with van der Waals surface area (Å²) in [5, 5.41) is 9.16. The van der Waals surface area contributed by atoms with E-state index in [0.29, 0.717) is 26.2 Å². The highest BCUT2D eigenvalue weighted by Crippen LogP contribution is 2.44. The lowest BCUT2D eigenvalue weighted by molar-refractivity contribution is -0.138. The number of hydrogen-bond acceptors (Lipinski definition) is 4. The second-order valence-electron chi connectivity index (χ2n) is 6.74. The van der Waals surface area contributed by atoms with Gasteiger partial charge in [0.15, 0.2) is 0 Å². The van der Waals surface area contributed by atoms with Crippen LogP contribution >= 0.6 is 0 Å². The predicted molar refractivity (Wildman–Crippen MR) is 86.5 cm³/mol. The minimum absolute atomic E-state index is 0.0237. The third kappa shape index (κ3) is 3.87. The van der Waals surface area contributed by atoms with Crippen molar-refractivity contribution in [2.24, 2.45) is 5.41 Å². The van der Waals surface area contributed by atoms with Gasteiger partial charge < -0.3 is 19.5 Å². The van der Waals surface area contributed by atoms with Crippen molar-refractivity contribution in [3.63, 3.8) is 0 Å². The number of benzene rings is 1. The van der Waals surface area contributed by atoms with Crippen molar-refractivity contribution in [1.82, 2.24) is 4.90 Å². The number of carboxylic acids is 1. The van der Waals surface area contributed by atoms with Crippen LogP contribution in [0, 0.1) is 5.41 Å². The van der Waals surface area contributed by atoms with Gasteiger partial charge in [0.2, 0.25) is 0 Å². The molecule has 2 heterocycles. The average molecular weight is 333 g/mol. The normalized spacial score (nSPS) is 22.5. The molecular formula is C18H23NO5. The van der Waals surface area contributed by atoms with E-state index in [1.165, 1.54) is 0 Å². The van der Waals surface area contributed by atoms with Crippen LogP contribution in [0.5, 0.6) is 0 Å². The van der Waals surface area contributed by atoms with Crippen LogP contribution in [0.3, 0.4) is 0 Å². The number of nitrogens with zero attached hydrogens (tertiary/aromatic N) is 1. The molecule has 0 radical (unpaired) electrons. The summed E-state index contributed by atoms with van der Waals surface area (Å²) in [6.07, 6.45) is 1.98. The molecule has 6 heteroatoms. The smallest absolute Gasteiger partial charge is 0.410 e. The molecule has 6 nitrogen and oxygen atoms in total. The first-order valence-electron chi connectivity index (χ1n) is 8.35. The zero-order valence-electron chi connectivity index (χ0n) is 13.6. The summed E-state index contributed by atoms with van der Waals surface area (Å²) in [6, 6.07) is 9.18. The fourth-order valence-corrected chi connectivity index (χ4v) is 3.73. The summed E-state index contributed by atoms with van der Waals surface area (Å²) < 4.78 is 10.8. The fraction of sp³-hybridized carbons (Fsp3) is 0.556. The van der Waals surface area contributed by atoms with E-state index < -0.39 is 12.1 Å². The highest BCUT2D eigenvalue weighted by atomic mass is 16.6. The van der Waals surface area contributed by atoms with Crippen LogP contribution < -0.4 is 0 Å². The zero-order chi connectivity index (χ0) is 17.0. The van der Waals surface area contributed by atoms with Gasteiger partial charge in [-0.05, 0) is 30.2 Å². The molecule has 2 aliphatic rings. The Balaban J connectivity index is 1.66. The number of rotatable bonds is 4. The molecule has 1 N–H and O–H groups in total. The summed E-state index contributed by atoms with van der Waals surface area (Å²) in [5.41, 5.74) is 0.894. The van der Waals surface area contributed by atoms with E-state index >= 15 is 0 Å². The summed E-state index contributed by atoms with van der Waals surface area (Å²) >= 11 is 0. The molecule has 3 rings (SSSR count). The Morgan fingerprint density at radius 3 is 2.62 bits per heavy atom. The van der Waals surface area contributed by atoms with Crippen molar-refractivity contribution in [3.05, 3.63) is 35.9 Å². The fourth-order valence-electron chi connectivity index (χ4n) is 3.73. The second kappa shape index (κ2) is 7.21. The minimum atomic E-state index is -0.884. The van der Waals surface area contributed by atoms with Gasteiger partial charge in [-0.3, -0.25) is 4.79 Å². The van der Waals surface area contributed by atoms with E-state index in [4.69, 9.17) is 14.6 Å². The SMILES string of the molecule is O=C(O)CC1CC2(CCOCC2)CN1C(=O)OCc1ccccc1. The molecule has 0 aliphatic carbocycles. The van der Waals surface area contributed by atoms with E-state index in [9.17, 15) is 9.59 Å². The van der Waals surface area contributed by atoms with Gasteiger partial charge in [-0.15, -0.1) is 0 Å². The molecule has 1 atom stereocenters. The molecule has 1 unspecified atom stereocenters. The van der Waals surface area contributed by atoms with E-state index in [2.05, 4.69) is 0 Å². The van der Waals surface area contributed by atoms with Gasteiger partial charge in [0.25, 0.3) is 0 Å². The van der Waals surface area contributed by atoms with Crippen LogP contribution in [0.15, 0.2) is 30.3 Å². The topological polar surface area (TPSA) is 76.1 Å². The van der Waals surface area contributed by atoms with Crippen molar-refractivity contribution in [1.29, 1.82) is 0 Å². The van der Waals surface area contributed by atoms with Crippen molar-refractivity contribution in [2.45, 2.75) is 38.3 Å². The van der Waals surface area contributed by atoms with Gasteiger partial charge >= 0.3 is 12.1 Å². The Labute approximate surface area is 141 Å². The Morgan fingerprint density at radius 1 is 1.25 bits per heavy atom. The number of aliphatic carboxylic acids is 1. The van der Waals surface area contributed by atoms with Gasteiger partial charge in [-0.2, -0.15) is 0 Å². The summed E-state index contributed by atoms with van der Waals surface area (Å²) in [4.78, 5) is 25.3. The van der Waals surface area contributed by atoms with Crippen LogP contribution in [0.2, 0.25) is 0 Å². The molecule has 130 valence electrons. The largest absolute Gasteiger partial charge is 0.481 e. The summed E-state index contributed by atoms with van der Waals surface area (Å²) in [7, 11) is 0. The highest BCUT2D eigenvalue weighted by Gasteiger charge is 2.47. The van der Waals surface area contributed by atoms with Crippen LogP contribution in [-0.2, 0) is 20.9 Å². The number of likely N-dealkylation sites (tertiary alicyclic amines) is 1. The minimum Gasteiger partial charge on any atom is -0.481 e. The Morgan fingerprint density at radius 2 is 1.96 bits per heavy atom. The van der Waals surface area contributed by atoms with Gasteiger partial charge in [0, 0.05) is 25.8 Å². The monoisotopic (exact) mass is 333 g/mol. The molecule has 2 aliphatic heterocycles. The summed E-state index contributed by atoms with van der Waals surface area (Å²) in [6.45, 7) is 2.10. The molecule has 1 aromatic carbocycles. The molecule has 2 fully saturated rings. The van der Waals surface area contributed by atoms with Gasteiger partial charge in [-0.1, -0.05) is 30.3 Å². The van der Waals surface area contributed by atoms with Crippen molar-refractivity contribution >= 4 is 12.1 Å². The lowest BCUT2D eigenvalue weighted by Gasteiger charge is -2.32. The molecule has 1 amide bonds. The quantitative estimate of drug-likeness (QED) is 0.917. The van der Waals surface area contributed by atoms with Crippen molar-refractivity contribution in [2.75, 3.05) is 19.8 Å². The Kier molecular flexibility index (Phi) is 5.04. The van der Waals surface area contributed by atoms with Crippen LogP contribution in [0.25, 0.3) is 0 Å². The number of carbonyl (C=O) groups excluding carboxylic acids is 1. The number of ether oxygens (including phenoxy) is 2.